The Morgan fingerprint density at radius 2 is 1.68 bits per heavy atom. The Morgan fingerprint density at radius 1 is 0.946 bits per heavy atom. The lowest BCUT2D eigenvalue weighted by atomic mass is 9.90. The molecule has 0 saturated heterocycles. The molecule has 0 fully saturated rings. The minimum absolute atomic E-state index is 0.155. The largest absolute Gasteiger partial charge is 0.416 e. The molecule has 1 aliphatic rings. The van der Waals surface area contributed by atoms with Crippen molar-refractivity contribution in [2.45, 2.75) is 30.0 Å². The van der Waals surface area contributed by atoms with Gasteiger partial charge in [-0.05, 0) is 83.6 Å². The highest BCUT2D eigenvalue weighted by molar-refractivity contribution is 7.80. The van der Waals surface area contributed by atoms with Gasteiger partial charge in [-0.15, -0.1) is 12.6 Å². The van der Waals surface area contributed by atoms with Gasteiger partial charge in [-0.1, -0.05) is 54.6 Å². The van der Waals surface area contributed by atoms with Gasteiger partial charge >= 0.3 is 6.18 Å². The highest BCUT2D eigenvalue weighted by Crippen LogP contribution is 2.33. The predicted octanol–water partition coefficient (Wildman–Crippen LogP) is 7.34. The number of nitrogens with one attached hydrogen (secondary N) is 2. The Hall–Kier alpha value is -3.55. The number of thiol groups is 1. The average Bonchev–Trinajstić information content (AvgIpc) is 2.89. The van der Waals surface area contributed by atoms with Crippen LogP contribution in [0.25, 0.3) is 11.1 Å². The summed E-state index contributed by atoms with van der Waals surface area (Å²) < 4.78 is 38.9. The predicted molar refractivity (Wildman–Crippen MR) is 143 cm³/mol. The van der Waals surface area contributed by atoms with Gasteiger partial charge < -0.3 is 10.6 Å². The summed E-state index contributed by atoms with van der Waals surface area (Å²) >= 11 is 4.58. The van der Waals surface area contributed by atoms with Crippen molar-refractivity contribution in [3.05, 3.63) is 119 Å². The summed E-state index contributed by atoms with van der Waals surface area (Å²) in [5, 5.41) is 6.56. The molecule has 3 nitrogen and oxygen atoms in total. The molecular weight excluding hydrogens is 493 g/mol. The second kappa shape index (κ2) is 10.4. The van der Waals surface area contributed by atoms with Crippen LogP contribution in [-0.4, -0.2) is 12.5 Å². The quantitative estimate of drug-likeness (QED) is 0.242. The van der Waals surface area contributed by atoms with Crippen LogP contribution in [0.15, 0.2) is 95.9 Å². The molecule has 1 aliphatic heterocycles. The highest BCUT2D eigenvalue weighted by Gasteiger charge is 2.30. The molecule has 0 aromatic heterocycles. The third-order valence-corrected chi connectivity index (χ3v) is 7.11. The van der Waals surface area contributed by atoms with Gasteiger partial charge in [-0.3, -0.25) is 4.79 Å². The molecule has 0 spiro atoms. The zero-order valence-corrected chi connectivity index (χ0v) is 20.7. The second-order valence-electron chi connectivity index (χ2n) is 9.08. The molecule has 0 saturated carbocycles. The third-order valence-electron chi connectivity index (χ3n) is 6.67. The van der Waals surface area contributed by atoms with Gasteiger partial charge in [0.25, 0.3) is 5.91 Å². The molecule has 0 radical (unpaired) electrons. The van der Waals surface area contributed by atoms with Crippen LogP contribution in [0.2, 0.25) is 0 Å². The van der Waals surface area contributed by atoms with Gasteiger partial charge in [0.2, 0.25) is 0 Å². The fourth-order valence-corrected chi connectivity index (χ4v) is 5.04. The van der Waals surface area contributed by atoms with E-state index in [1.807, 2.05) is 36.4 Å². The molecular formula is C30H25F3N2OS. The van der Waals surface area contributed by atoms with Gasteiger partial charge in [-0.2, -0.15) is 13.2 Å². The molecule has 1 heterocycles. The zero-order chi connectivity index (χ0) is 26.0. The van der Waals surface area contributed by atoms with E-state index in [4.69, 9.17) is 0 Å². The number of fused-ring (bicyclic) bond motifs is 1. The molecule has 1 unspecified atom stereocenters. The highest BCUT2D eigenvalue weighted by atomic mass is 32.1. The lowest BCUT2D eigenvalue weighted by Crippen LogP contribution is -2.31. The van der Waals surface area contributed by atoms with Crippen molar-refractivity contribution in [3.8, 4) is 11.1 Å². The molecule has 5 rings (SSSR count). The molecule has 4 aromatic rings. The van der Waals surface area contributed by atoms with Crippen LogP contribution in [0.4, 0.5) is 18.9 Å². The van der Waals surface area contributed by atoms with E-state index in [1.54, 1.807) is 24.3 Å². The fourth-order valence-electron chi connectivity index (χ4n) is 4.79. The molecule has 1 atom stereocenters. The van der Waals surface area contributed by atoms with Gasteiger partial charge in [0, 0.05) is 22.2 Å². The number of carbonyl (C=O) groups excluding carboxylic acids is 1. The van der Waals surface area contributed by atoms with E-state index in [2.05, 4.69) is 29.3 Å². The Morgan fingerprint density at radius 3 is 2.43 bits per heavy atom. The molecule has 37 heavy (non-hydrogen) atoms. The van der Waals surface area contributed by atoms with Crippen molar-refractivity contribution in [2.75, 3.05) is 11.9 Å². The molecule has 1 amide bonds. The van der Waals surface area contributed by atoms with Crippen LogP contribution in [0.3, 0.4) is 0 Å². The summed E-state index contributed by atoms with van der Waals surface area (Å²) in [6.07, 6.45) is -2.74. The number of anilines is 1. The summed E-state index contributed by atoms with van der Waals surface area (Å²) in [4.78, 5) is 14.2. The molecule has 4 aromatic carbocycles. The van der Waals surface area contributed by atoms with E-state index in [0.29, 0.717) is 22.4 Å². The Balaban J connectivity index is 1.36. The summed E-state index contributed by atoms with van der Waals surface area (Å²) in [5.74, 6) is -0.315. The number of hydrogen-bond donors (Lipinski definition) is 3. The number of rotatable bonds is 5. The standard InChI is InChI=1S/C30H25F3N2OS/c31-30(32,33)22-11-9-19(10-12-22)24-6-2-3-7-26(24)29(36)35-23-13-14-25-20(17-23)15-16-34-27(25)18-21-5-1-4-8-28(21)37/h1-14,17,27,34,37H,15-16,18H2,(H,35,36). The number of benzene rings is 4. The van der Waals surface area contributed by atoms with E-state index in [1.165, 1.54) is 28.8 Å². The number of alkyl halides is 3. The Bertz CT molecular complexity index is 1430. The monoisotopic (exact) mass is 518 g/mol. The van der Waals surface area contributed by atoms with Crippen molar-refractivity contribution in [3.63, 3.8) is 0 Å². The molecule has 0 bridgehead atoms. The first kappa shape index (κ1) is 25.1. The fraction of sp³-hybridized carbons (Fsp3) is 0.167. The number of hydrogen-bond acceptors (Lipinski definition) is 3. The van der Waals surface area contributed by atoms with Gasteiger partial charge in [0.1, 0.15) is 0 Å². The van der Waals surface area contributed by atoms with Gasteiger partial charge in [0.05, 0.1) is 5.56 Å². The number of carbonyl (C=O) groups is 1. The van der Waals surface area contributed by atoms with E-state index < -0.39 is 11.7 Å². The smallest absolute Gasteiger partial charge is 0.322 e. The zero-order valence-electron chi connectivity index (χ0n) is 19.8. The van der Waals surface area contributed by atoms with Crippen LogP contribution in [0.1, 0.15) is 38.7 Å². The minimum atomic E-state index is -4.41. The van der Waals surface area contributed by atoms with Gasteiger partial charge in [-0.25, -0.2) is 0 Å². The van der Waals surface area contributed by atoms with Crippen molar-refractivity contribution in [2.24, 2.45) is 0 Å². The SMILES string of the molecule is O=C(Nc1ccc2c(c1)CCNC2Cc1ccccc1S)c1ccccc1-c1ccc(C(F)(F)F)cc1. The van der Waals surface area contributed by atoms with Crippen molar-refractivity contribution < 1.29 is 18.0 Å². The van der Waals surface area contributed by atoms with Gasteiger partial charge in [0.15, 0.2) is 0 Å². The first-order valence-corrected chi connectivity index (χ1v) is 12.5. The summed E-state index contributed by atoms with van der Waals surface area (Å²) in [6, 6.07) is 25.9. The van der Waals surface area contributed by atoms with Crippen LogP contribution in [-0.2, 0) is 19.0 Å². The van der Waals surface area contributed by atoms with Crippen molar-refractivity contribution >= 4 is 24.2 Å². The lowest BCUT2D eigenvalue weighted by Gasteiger charge is -2.28. The number of amides is 1. The van der Waals surface area contributed by atoms with Crippen LogP contribution < -0.4 is 10.6 Å². The second-order valence-corrected chi connectivity index (χ2v) is 9.56. The number of halogens is 3. The first-order valence-electron chi connectivity index (χ1n) is 12.0. The normalized spacial score (nSPS) is 15.2. The molecule has 0 aliphatic carbocycles. The maximum Gasteiger partial charge on any atom is 0.416 e. The summed E-state index contributed by atoms with van der Waals surface area (Å²) in [6.45, 7) is 0.834. The van der Waals surface area contributed by atoms with Crippen LogP contribution in [0.5, 0.6) is 0 Å². The molecule has 2 N–H and O–H groups in total. The van der Waals surface area contributed by atoms with E-state index in [9.17, 15) is 18.0 Å². The summed E-state index contributed by atoms with van der Waals surface area (Å²) in [5.41, 5.74) is 5.02. The Labute approximate surface area is 219 Å². The molecule has 188 valence electrons. The maximum absolute atomic E-state index is 13.2. The topological polar surface area (TPSA) is 41.1 Å². The maximum atomic E-state index is 13.2. The first-order chi connectivity index (χ1) is 17.8. The van der Waals surface area contributed by atoms with Crippen molar-refractivity contribution in [1.82, 2.24) is 5.32 Å². The van der Waals surface area contributed by atoms with Crippen LogP contribution in [0, 0.1) is 0 Å². The van der Waals surface area contributed by atoms with Crippen molar-refractivity contribution in [1.29, 1.82) is 0 Å². The Kier molecular flexibility index (Phi) is 7.09. The lowest BCUT2D eigenvalue weighted by molar-refractivity contribution is -0.137. The molecule has 7 heteroatoms. The third kappa shape index (κ3) is 5.58. The average molecular weight is 519 g/mol. The summed E-state index contributed by atoms with van der Waals surface area (Å²) in [7, 11) is 0. The minimum Gasteiger partial charge on any atom is -0.322 e. The van der Waals surface area contributed by atoms with E-state index in [0.717, 1.165) is 36.4 Å². The van der Waals surface area contributed by atoms with Crippen LogP contribution >= 0.6 is 12.6 Å². The van der Waals surface area contributed by atoms with E-state index >= 15 is 0 Å². The van der Waals surface area contributed by atoms with E-state index in [-0.39, 0.29) is 11.9 Å².